The summed E-state index contributed by atoms with van der Waals surface area (Å²) in [6.45, 7) is 11.9. The van der Waals surface area contributed by atoms with E-state index in [1.54, 1.807) is 9.80 Å². The maximum Gasteiger partial charge on any atom is 0.312 e. The molecular weight excluding hydrogens is 228 g/mol. The Bertz CT molecular complexity index is 320. The normalized spacial score (nSPS) is 20.7. The summed E-state index contributed by atoms with van der Waals surface area (Å²) in [6, 6.07) is 0. The molecule has 0 aromatic rings. The van der Waals surface area contributed by atoms with Crippen LogP contribution in [0.1, 0.15) is 47.5 Å². The smallest absolute Gasteiger partial charge is 0.312 e. The molecule has 0 radical (unpaired) electrons. The Morgan fingerprint density at radius 1 is 1.33 bits per heavy atom. The van der Waals surface area contributed by atoms with Crippen LogP contribution in [0.4, 0.5) is 0 Å². The average Bonchev–Trinajstić information content (AvgIpc) is 2.26. The first kappa shape index (κ1) is 15.0. The number of carbonyl (C=O) groups excluding carboxylic acids is 2. The molecule has 18 heavy (non-hydrogen) atoms. The second kappa shape index (κ2) is 5.72. The minimum Gasteiger partial charge on any atom is -0.334 e. The zero-order valence-electron chi connectivity index (χ0n) is 12.3. The van der Waals surface area contributed by atoms with E-state index in [-0.39, 0.29) is 17.4 Å². The number of hydrogen-bond donors (Lipinski definition) is 0. The van der Waals surface area contributed by atoms with Gasteiger partial charge in [0.25, 0.3) is 0 Å². The van der Waals surface area contributed by atoms with Crippen LogP contribution in [0.2, 0.25) is 0 Å². The quantitative estimate of drug-likeness (QED) is 0.670. The molecule has 0 N–H and O–H groups in total. The van der Waals surface area contributed by atoms with Crippen LogP contribution in [-0.4, -0.2) is 46.8 Å². The monoisotopic (exact) mass is 254 g/mol. The number of carbonyl (C=O) groups is 2. The molecule has 0 aromatic carbocycles. The first-order chi connectivity index (χ1) is 8.27. The van der Waals surface area contributed by atoms with Gasteiger partial charge < -0.3 is 9.80 Å². The zero-order chi connectivity index (χ0) is 13.9. The molecule has 0 aromatic heterocycles. The molecule has 1 aliphatic rings. The Labute approximate surface area is 110 Å². The number of rotatable bonds is 1. The standard InChI is InChI=1S/C14H26N2O2/c1-6-16(14(3,4)5)13(18)12(17)15-9-7-8-11(2)10-15/h11H,6-10H2,1-5H3. The van der Waals surface area contributed by atoms with Crippen LogP contribution >= 0.6 is 0 Å². The van der Waals surface area contributed by atoms with E-state index < -0.39 is 0 Å². The third-order valence-corrected chi connectivity index (χ3v) is 3.50. The molecule has 0 aliphatic carbocycles. The van der Waals surface area contributed by atoms with Crippen molar-refractivity contribution in [2.24, 2.45) is 5.92 Å². The predicted octanol–water partition coefficient (Wildman–Crippen LogP) is 1.89. The minimum atomic E-state index is -0.362. The number of piperidine rings is 1. The van der Waals surface area contributed by atoms with Crippen molar-refractivity contribution < 1.29 is 9.59 Å². The molecule has 0 bridgehead atoms. The van der Waals surface area contributed by atoms with Gasteiger partial charge in [-0.3, -0.25) is 9.59 Å². The lowest BCUT2D eigenvalue weighted by Crippen LogP contribution is -2.53. The van der Waals surface area contributed by atoms with Crippen LogP contribution in [-0.2, 0) is 9.59 Å². The summed E-state index contributed by atoms with van der Waals surface area (Å²) in [5.74, 6) is -0.197. The van der Waals surface area contributed by atoms with Crippen molar-refractivity contribution in [2.45, 2.75) is 53.0 Å². The highest BCUT2D eigenvalue weighted by molar-refractivity contribution is 6.35. The Morgan fingerprint density at radius 3 is 2.39 bits per heavy atom. The van der Waals surface area contributed by atoms with Crippen LogP contribution in [0, 0.1) is 5.92 Å². The van der Waals surface area contributed by atoms with Gasteiger partial charge in [0.2, 0.25) is 0 Å². The average molecular weight is 254 g/mol. The molecule has 4 nitrogen and oxygen atoms in total. The summed E-state index contributed by atoms with van der Waals surface area (Å²) in [7, 11) is 0. The van der Waals surface area contributed by atoms with E-state index in [1.807, 2.05) is 27.7 Å². The highest BCUT2D eigenvalue weighted by Crippen LogP contribution is 2.18. The fraction of sp³-hybridized carbons (Fsp3) is 0.857. The molecule has 1 unspecified atom stereocenters. The van der Waals surface area contributed by atoms with E-state index in [0.717, 1.165) is 19.4 Å². The Hall–Kier alpha value is -1.06. The van der Waals surface area contributed by atoms with E-state index in [1.165, 1.54) is 0 Å². The van der Waals surface area contributed by atoms with Crippen molar-refractivity contribution in [3.63, 3.8) is 0 Å². The van der Waals surface area contributed by atoms with Crippen molar-refractivity contribution in [1.29, 1.82) is 0 Å². The fourth-order valence-corrected chi connectivity index (χ4v) is 2.55. The Morgan fingerprint density at radius 2 is 1.94 bits per heavy atom. The Kier molecular flexibility index (Phi) is 4.77. The van der Waals surface area contributed by atoms with Crippen LogP contribution in [0.25, 0.3) is 0 Å². The maximum atomic E-state index is 12.3. The van der Waals surface area contributed by atoms with Gasteiger partial charge in [0.05, 0.1) is 0 Å². The van der Waals surface area contributed by atoms with E-state index in [0.29, 0.717) is 19.0 Å². The van der Waals surface area contributed by atoms with E-state index in [4.69, 9.17) is 0 Å². The molecule has 2 amide bonds. The van der Waals surface area contributed by atoms with Gasteiger partial charge in [-0.05, 0) is 46.5 Å². The van der Waals surface area contributed by atoms with Crippen LogP contribution in [0.5, 0.6) is 0 Å². The molecule has 0 saturated carbocycles. The number of hydrogen-bond acceptors (Lipinski definition) is 2. The summed E-state index contributed by atoms with van der Waals surface area (Å²) in [5, 5.41) is 0. The lowest BCUT2D eigenvalue weighted by molar-refractivity contribution is -0.155. The minimum absolute atomic E-state index is 0.303. The number of likely N-dealkylation sites (N-methyl/N-ethyl adjacent to an activating group) is 1. The second-order valence-corrected chi connectivity index (χ2v) is 6.22. The first-order valence-electron chi connectivity index (χ1n) is 6.88. The molecule has 0 spiro atoms. The van der Waals surface area contributed by atoms with Gasteiger partial charge in [-0.25, -0.2) is 0 Å². The molecule has 1 aliphatic heterocycles. The third kappa shape index (κ3) is 3.47. The second-order valence-electron chi connectivity index (χ2n) is 6.22. The maximum absolute atomic E-state index is 12.3. The van der Waals surface area contributed by atoms with Crippen LogP contribution < -0.4 is 0 Å². The van der Waals surface area contributed by atoms with E-state index >= 15 is 0 Å². The van der Waals surface area contributed by atoms with Crippen molar-refractivity contribution in [2.75, 3.05) is 19.6 Å². The van der Waals surface area contributed by atoms with Crippen molar-refractivity contribution in [3.05, 3.63) is 0 Å². The molecule has 1 atom stereocenters. The number of amides is 2. The van der Waals surface area contributed by atoms with Gasteiger partial charge in [0, 0.05) is 25.2 Å². The molecule has 104 valence electrons. The fourth-order valence-electron chi connectivity index (χ4n) is 2.55. The van der Waals surface area contributed by atoms with E-state index in [2.05, 4.69) is 6.92 Å². The van der Waals surface area contributed by atoms with Crippen LogP contribution in [0.3, 0.4) is 0 Å². The lowest BCUT2D eigenvalue weighted by atomic mass is 10.00. The van der Waals surface area contributed by atoms with Gasteiger partial charge >= 0.3 is 11.8 Å². The van der Waals surface area contributed by atoms with Crippen molar-refractivity contribution in [3.8, 4) is 0 Å². The number of nitrogens with zero attached hydrogens (tertiary/aromatic N) is 2. The molecule has 1 saturated heterocycles. The molecule has 1 rings (SSSR count). The summed E-state index contributed by atoms with van der Waals surface area (Å²) < 4.78 is 0. The van der Waals surface area contributed by atoms with Gasteiger partial charge in [-0.15, -0.1) is 0 Å². The zero-order valence-corrected chi connectivity index (χ0v) is 12.3. The highest BCUT2D eigenvalue weighted by atomic mass is 16.2. The summed E-state index contributed by atoms with van der Waals surface area (Å²) in [5.41, 5.74) is -0.303. The molecular formula is C14H26N2O2. The van der Waals surface area contributed by atoms with Gasteiger partial charge in [-0.1, -0.05) is 6.92 Å². The molecule has 1 heterocycles. The van der Waals surface area contributed by atoms with Crippen molar-refractivity contribution in [1.82, 2.24) is 9.80 Å². The lowest BCUT2D eigenvalue weighted by Gasteiger charge is -2.37. The predicted molar refractivity (Wildman–Crippen MR) is 72.1 cm³/mol. The van der Waals surface area contributed by atoms with Crippen molar-refractivity contribution >= 4 is 11.8 Å². The number of likely N-dealkylation sites (tertiary alicyclic amines) is 1. The van der Waals surface area contributed by atoms with E-state index in [9.17, 15) is 9.59 Å². The summed E-state index contributed by atoms with van der Waals surface area (Å²) in [4.78, 5) is 27.8. The highest BCUT2D eigenvalue weighted by Gasteiger charge is 2.33. The van der Waals surface area contributed by atoms with Gasteiger partial charge in [-0.2, -0.15) is 0 Å². The Balaban J connectivity index is 2.73. The summed E-state index contributed by atoms with van der Waals surface area (Å²) in [6.07, 6.45) is 2.15. The topological polar surface area (TPSA) is 40.6 Å². The van der Waals surface area contributed by atoms with Gasteiger partial charge in [0.1, 0.15) is 0 Å². The third-order valence-electron chi connectivity index (χ3n) is 3.50. The van der Waals surface area contributed by atoms with Gasteiger partial charge in [0.15, 0.2) is 0 Å². The summed E-state index contributed by atoms with van der Waals surface area (Å²) >= 11 is 0. The molecule has 1 fully saturated rings. The van der Waals surface area contributed by atoms with Crippen LogP contribution in [0.15, 0.2) is 0 Å². The largest absolute Gasteiger partial charge is 0.334 e. The molecule has 4 heteroatoms. The first-order valence-corrected chi connectivity index (χ1v) is 6.88. The SMILES string of the molecule is CCN(C(=O)C(=O)N1CCCC(C)C1)C(C)(C)C.